The molecule has 0 unspecified atom stereocenters. The molecule has 84 heavy (non-hydrogen) atoms. The molecule has 4 aromatic heterocycles. The van der Waals surface area contributed by atoms with Gasteiger partial charge in [-0.1, -0.05) is 63.0 Å². The lowest BCUT2D eigenvalue weighted by Crippen LogP contribution is -2.57. The summed E-state index contributed by atoms with van der Waals surface area (Å²) in [7, 11) is 1.49. The zero-order valence-corrected chi connectivity index (χ0v) is 50.0. The first kappa shape index (κ1) is 57.8. The highest BCUT2D eigenvalue weighted by atomic mass is 35.5. The monoisotopic (exact) mass is 1180 g/mol. The van der Waals surface area contributed by atoms with E-state index in [1.807, 2.05) is 79.3 Å². The number of methoxy groups -OCH3 is 1. The average molecular weight is 1190 g/mol. The number of anilines is 2. The number of pyridine rings is 2. The summed E-state index contributed by atoms with van der Waals surface area (Å²) < 4.78 is 60.0. The van der Waals surface area contributed by atoms with Crippen molar-refractivity contribution < 1.29 is 37.6 Å². The molecule has 4 aliphatic heterocycles. The van der Waals surface area contributed by atoms with Crippen LogP contribution in [0.3, 0.4) is 0 Å². The van der Waals surface area contributed by atoms with E-state index < -0.39 is 40.8 Å². The predicted molar refractivity (Wildman–Crippen MR) is 322 cm³/mol. The first-order valence-electron chi connectivity index (χ1n) is 28.2. The maximum Gasteiger partial charge on any atom is 0.410 e. The molecule has 21 heteroatoms. The summed E-state index contributed by atoms with van der Waals surface area (Å²) in [5.41, 5.74) is 3.98. The molecule has 438 valence electrons. The Bertz CT molecular complexity index is 4070. The number of ether oxygens (including phenoxy) is 4. The topological polar surface area (TPSA) is 180 Å². The van der Waals surface area contributed by atoms with Gasteiger partial charge in [-0.15, -0.1) is 0 Å². The second-order valence-corrected chi connectivity index (χ2v) is 24.1. The molecule has 0 saturated carbocycles. The van der Waals surface area contributed by atoms with E-state index in [4.69, 9.17) is 42.1 Å². The molecule has 0 radical (unpaired) electrons. The number of hydrogen-bond donors (Lipinski definition) is 1. The maximum atomic E-state index is 16.9. The number of piperidine rings is 1. The molecule has 2 fully saturated rings. The highest BCUT2D eigenvalue weighted by molar-refractivity contribution is 6.34. The second-order valence-electron chi connectivity index (χ2n) is 23.3. The fraction of sp³-hybridized carbons (Fsp3) is 0.381. The molecule has 12 rings (SSSR count). The fourth-order valence-electron chi connectivity index (χ4n) is 12.0. The van der Waals surface area contributed by atoms with E-state index >= 15 is 8.78 Å². The number of aryl methyl sites for hydroxylation is 2. The van der Waals surface area contributed by atoms with Gasteiger partial charge in [0.2, 0.25) is 0 Å². The van der Waals surface area contributed by atoms with Crippen LogP contribution in [0.2, 0.25) is 10.0 Å². The van der Waals surface area contributed by atoms with Gasteiger partial charge in [-0.2, -0.15) is 9.97 Å². The summed E-state index contributed by atoms with van der Waals surface area (Å²) in [6.07, 6.45) is 5.81. The molecular weight excluding hydrogens is 1120 g/mol. The summed E-state index contributed by atoms with van der Waals surface area (Å²) in [6, 6.07) is 16.1. The number of phenols is 1. The number of carbonyl (C=O) groups is 1. The molecule has 0 spiro atoms. The van der Waals surface area contributed by atoms with Crippen molar-refractivity contribution in [2.75, 3.05) is 56.3 Å². The zero-order valence-electron chi connectivity index (χ0n) is 48.4. The number of carbonyl (C=O) groups excluding carboxylic acids is 1. The van der Waals surface area contributed by atoms with Crippen molar-refractivity contribution in [3.05, 3.63) is 138 Å². The van der Waals surface area contributed by atoms with Crippen LogP contribution in [0.5, 0.6) is 23.0 Å². The Hall–Kier alpha value is -8.03. The number of hydrogen-bond acceptors (Lipinski definition) is 14. The highest BCUT2D eigenvalue weighted by Crippen LogP contribution is 2.49. The van der Waals surface area contributed by atoms with Gasteiger partial charge in [0, 0.05) is 60.8 Å². The van der Waals surface area contributed by atoms with Crippen molar-refractivity contribution in [1.82, 2.24) is 34.0 Å². The standard InChI is InChI=1S/C34H37ClFN5O5.C29H28ClFN4O3/c1-18(2)28-29(19(3)11-12-37-28)41-23-15-21(25-22(35)9-8-10-24(25)44-7)27(36)30-26(23)31(38-32(41)42)40-14-13-39(16-20(40)17-45-30)33(43)46-34(4,5)6;1-15(2)25-26(16(3)10-11-32-25)35-20-13-18(22-19(30)8-6-9-21(22)36)24(31)27-23(20)28(33-29(35)37)34-12-5-4-7-17(34)14-38-27/h8-12,15,18,20H,13-14,16-17H2,1-7H3;6,8-11,13,15,17,36H,4-5,7,12,14H2,1-3H3/t20-;17-/m11/s1. The first-order valence-corrected chi connectivity index (χ1v) is 28.9. The summed E-state index contributed by atoms with van der Waals surface area (Å²) >= 11 is 13.1. The lowest BCUT2D eigenvalue weighted by Gasteiger charge is -2.41. The number of amides is 1. The number of rotatable bonds is 7. The van der Waals surface area contributed by atoms with E-state index in [1.54, 1.807) is 59.8 Å². The van der Waals surface area contributed by atoms with Crippen LogP contribution in [0.1, 0.15) is 102 Å². The van der Waals surface area contributed by atoms with E-state index in [-0.39, 0.29) is 81.6 Å². The number of halogens is 4. The van der Waals surface area contributed by atoms with Crippen LogP contribution in [-0.2, 0) is 4.74 Å². The fourth-order valence-corrected chi connectivity index (χ4v) is 12.5. The lowest BCUT2D eigenvalue weighted by atomic mass is 9.99. The van der Waals surface area contributed by atoms with E-state index in [1.165, 1.54) is 22.3 Å². The molecule has 1 N–H and O–H groups in total. The number of benzene rings is 4. The normalized spacial score (nSPS) is 16.5. The number of piperazine rings is 1. The molecule has 4 aliphatic rings. The van der Waals surface area contributed by atoms with E-state index in [0.29, 0.717) is 81.5 Å². The lowest BCUT2D eigenvalue weighted by molar-refractivity contribution is 0.0201. The van der Waals surface area contributed by atoms with Crippen molar-refractivity contribution in [2.45, 2.75) is 111 Å². The highest BCUT2D eigenvalue weighted by Gasteiger charge is 2.40. The van der Waals surface area contributed by atoms with Gasteiger partial charge in [0.15, 0.2) is 23.1 Å². The van der Waals surface area contributed by atoms with Crippen molar-refractivity contribution in [3.63, 3.8) is 0 Å². The number of fused-ring (bicyclic) bond motifs is 4. The van der Waals surface area contributed by atoms with Crippen molar-refractivity contribution in [1.29, 1.82) is 0 Å². The van der Waals surface area contributed by atoms with E-state index in [2.05, 4.69) is 24.8 Å². The third-order valence-electron chi connectivity index (χ3n) is 15.8. The number of phenolic OH excluding ortho intramolecular Hbond substituents is 1. The molecule has 0 bridgehead atoms. The van der Waals surface area contributed by atoms with Gasteiger partial charge in [-0.25, -0.2) is 23.2 Å². The number of aromatic hydroxyl groups is 1. The van der Waals surface area contributed by atoms with E-state index in [9.17, 15) is 19.5 Å². The Morgan fingerprint density at radius 2 is 1.23 bits per heavy atom. The Labute approximate surface area is 494 Å². The third kappa shape index (κ3) is 10.2. The first-order chi connectivity index (χ1) is 40.1. The van der Waals surface area contributed by atoms with Crippen molar-refractivity contribution >= 4 is 62.7 Å². The van der Waals surface area contributed by atoms with Crippen LogP contribution in [0.15, 0.2) is 82.6 Å². The molecule has 8 aromatic rings. The largest absolute Gasteiger partial charge is 0.507 e. The molecule has 8 heterocycles. The number of nitrogens with zero attached hydrogens (tertiary/aromatic N) is 9. The summed E-state index contributed by atoms with van der Waals surface area (Å²) in [5, 5.41) is 11.9. The van der Waals surface area contributed by atoms with Crippen molar-refractivity contribution in [3.8, 4) is 56.6 Å². The molecular formula is C63H65Cl2F2N9O8. The quantitative estimate of drug-likeness (QED) is 0.159. The minimum atomic E-state index is -0.665. The average Bonchev–Trinajstić information content (AvgIpc) is 1.33. The second kappa shape index (κ2) is 22.5. The smallest absolute Gasteiger partial charge is 0.410 e. The Balaban J connectivity index is 0.000000178. The van der Waals surface area contributed by atoms with Crippen LogP contribution >= 0.6 is 23.2 Å². The summed E-state index contributed by atoms with van der Waals surface area (Å²) in [5.74, 6) is -0.468. The van der Waals surface area contributed by atoms with E-state index in [0.717, 1.165) is 36.1 Å². The van der Waals surface area contributed by atoms with Gasteiger partial charge in [0.1, 0.15) is 41.9 Å². The van der Waals surface area contributed by atoms with Gasteiger partial charge in [0.25, 0.3) is 0 Å². The molecule has 1 amide bonds. The number of aromatic nitrogens is 6. The van der Waals surface area contributed by atoms with Gasteiger partial charge < -0.3 is 38.8 Å². The van der Waals surface area contributed by atoms with Crippen LogP contribution in [0.4, 0.5) is 25.2 Å². The van der Waals surface area contributed by atoms with Crippen molar-refractivity contribution in [2.24, 2.45) is 0 Å². The van der Waals surface area contributed by atoms with Crippen LogP contribution in [0.25, 0.3) is 55.4 Å². The van der Waals surface area contributed by atoms with Crippen LogP contribution in [0, 0.1) is 25.5 Å². The maximum absolute atomic E-state index is 16.9. The molecule has 2 atom stereocenters. The minimum absolute atomic E-state index is 0.00936. The summed E-state index contributed by atoms with van der Waals surface area (Å²) in [6.45, 7) is 19.2. The molecule has 0 aliphatic carbocycles. The molecule has 2 saturated heterocycles. The minimum Gasteiger partial charge on any atom is -0.507 e. The third-order valence-corrected chi connectivity index (χ3v) is 16.5. The molecule has 4 aromatic carbocycles. The SMILES string of the molecule is COc1cccc(Cl)c1-c1cc2c3c(nc(=O)n2-c2c(C)ccnc2C(C)C)N2CCN(C(=O)OC(C)(C)C)C[C@@H]2COc3c1F.Cc1ccnc(C(C)C)c1-n1c(=O)nc2c3c(c(F)c(-c4c(O)cccc4Cl)cc31)OC[C@H]1CCCCN21. The van der Waals surface area contributed by atoms with Crippen LogP contribution in [-0.4, -0.2) is 109 Å². The van der Waals surface area contributed by atoms with Gasteiger partial charge in [-0.3, -0.25) is 19.1 Å². The predicted octanol–water partition coefficient (Wildman–Crippen LogP) is 12.6. The van der Waals surface area contributed by atoms with Gasteiger partial charge >= 0.3 is 17.5 Å². The van der Waals surface area contributed by atoms with Gasteiger partial charge in [-0.05, 0) is 125 Å². The summed E-state index contributed by atoms with van der Waals surface area (Å²) in [4.78, 5) is 65.1. The molecule has 17 nitrogen and oxygen atoms in total. The Kier molecular flexibility index (Phi) is 15.5. The van der Waals surface area contributed by atoms with Crippen LogP contribution < -0.4 is 35.4 Å². The zero-order chi connectivity index (χ0) is 59.8. The van der Waals surface area contributed by atoms with Gasteiger partial charge in [0.05, 0.1) is 73.8 Å². The Morgan fingerprint density at radius 1 is 0.714 bits per heavy atom. The Morgan fingerprint density at radius 3 is 1.75 bits per heavy atom.